The molecule has 2 aromatic rings. The fourth-order valence-electron chi connectivity index (χ4n) is 1.70. The number of thioether (sulfide) groups is 1. The van der Waals surface area contributed by atoms with Crippen LogP contribution in [0.5, 0.6) is 0 Å². The van der Waals surface area contributed by atoms with Crippen LogP contribution in [-0.2, 0) is 5.75 Å². The van der Waals surface area contributed by atoms with Crippen LogP contribution < -0.4 is 0 Å². The van der Waals surface area contributed by atoms with Crippen molar-refractivity contribution in [2.24, 2.45) is 0 Å². The molecule has 2 rings (SSSR count). The highest BCUT2D eigenvalue weighted by Gasteiger charge is 2.05. The van der Waals surface area contributed by atoms with Crippen molar-refractivity contribution in [3.8, 4) is 11.8 Å². The highest BCUT2D eigenvalue weighted by atomic mass is 32.2. The van der Waals surface area contributed by atoms with E-state index in [1.165, 1.54) is 20.9 Å². The molecule has 0 aliphatic rings. The Bertz CT molecular complexity index is 617. The SMILES string of the molecule is Cc1ccc(C)c(SCc2sccc2C#CCO)c1. The minimum Gasteiger partial charge on any atom is -0.384 e. The van der Waals surface area contributed by atoms with Gasteiger partial charge in [0.1, 0.15) is 6.61 Å². The van der Waals surface area contributed by atoms with Gasteiger partial charge in [0, 0.05) is 21.1 Å². The van der Waals surface area contributed by atoms with Crippen molar-refractivity contribution in [2.45, 2.75) is 24.5 Å². The second-order valence-corrected chi connectivity index (χ2v) is 6.29. The Morgan fingerprint density at radius 1 is 1.26 bits per heavy atom. The maximum Gasteiger partial charge on any atom is 0.104 e. The second-order valence-electron chi connectivity index (χ2n) is 4.27. The first-order valence-corrected chi connectivity index (χ1v) is 7.93. The number of benzene rings is 1. The highest BCUT2D eigenvalue weighted by molar-refractivity contribution is 7.98. The van der Waals surface area contributed by atoms with E-state index in [4.69, 9.17) is 5.11 Å². The largest absolute Gasteiger partial charge is 0.384 e. The first kappa shape index (κ1) is 14.2. The van der Waals surface area contributed by atoms with E-state index in [0.717, 1.165) is 11.3 Å². The molecule has 0 fully saturated rings. The fraction of sp³-hybridized carbons (Fsp3) is 0.250. The molecule has 0 amide bonds. The number of aliphatic hydroxyl groups excluding tert-OH is 1. The number of thiophene rings is 1. The Morgan fingerprint density at radius 3 is 2.89 bits per heavy atom. The number of aliphatic hydroxyl groups is 1. The normalized spacial score (nSPS) is 10.1. The minimum absolute atomic E-state index is 0.0839. The van der Waals surface area contributed by atoms with Gasteiger partial charge in [-0.1, -0.05) is 29.5 Å². The number of hydrogen-bond donors (Lipinski definition) is 1. The highest BCUT2D eigenvalue weighted by Crippen LogP contribution is 2.30. The van der Waals surface area contributed by atoms with E-state index in [1.54, 1.807) is 11.3 Å². The van der Waals surface area contributed by atoms with Crippen LogP contribution in [0.15, 0.2) is 34.5 Å². The van der Waals surface area contributed by atoms with E-state index in [-0.39, 0.29) is 6.61 Å². The molecule has 0 bridgehead atoms. The van der Waals surface area contributed by atoms with Gasteiger partial charge < -0.3 is 5.11 Å². The van der Waals surface area contributed by atoms with Crippen LogP contribution in [0.4, 0.5) is 0 Å². The zero-order valence-electron chi connectivity index (χ0n) is 11.1. The van der Waals surface area contributed by atoms with E-state index in [9.17, 15) is 0 Å². The molecule has 0 aliphatic heterocycles. The third-order valence-electron chi connectivity index (χ3n) is 2.75. The van der Waals surface area contributed by atoms with Crippen LogP contribution in [0.25, 0.3) is 0 Å². The van der Waals surface area contributed by atoms with Crippen molar-refractivity contribution in [2.75, 3.05) is 6.61 Å². The Balaban J connectivity index is 2.10. The van der Waals surface area contributed by atoms with Gasteiger partial charge in [-0.15, -0.1) is 23.1 Å². The van der Waals surface area contributed by atoms with E-state index in [1.807, 2.05) is 17.8 Å². The summed E-state index contributed by atoms with van der Waals surface area (Å²) in [5.41, 5.74) is 3.64. The molecule has 0 saturated heterocycles. The van der Waals surface area contributed by atoms with Gasteiger partial charge in [0.05, 0.1) is 0 Å². The average molecular weight is 288 g/mol. The summed E-state index contributed by atoms with van der Waals surface area (Å²) in [5, 5.41) is 10.8. The van der Waals surface area contributed by atoms with Crippen molar-refractivity contribution in [1.29, 1.82) is 0 Å². The molecule has 0 saturated carbocycles. The summed E-state index contributed by atoms with van der Waals surface area (Å²) in [6.07, 6.45) is 0. The van der Waals surface area contributed by atoms with Gasteiger partial charge in [0.15, 0.2) is 0 Å². The quantitative estimate of drug-likeness (QED) is 0.680. The monoisotopic (exact) mass is 288 g/mol. The summed E-state index contributed by atoms with van der Waals surface area (Å²) < 4.78 is 0. The lowest BCUT2D eigenvalue weighted by Gasteiger charge is -2.06. The number of rotatable bonds is 3. The zero-order chi connectivity index (χ0) is 13.7. The molecule has 19 heavy (non-hydrogen) atoms. The molecular weight excluding hydrogens is 272 g/mol. The molecule has 0 aliphatic carbocycles. The van der Waals surface area contributed by atoms with Gasteiger partial charge in [-0.05, 0) is 36.9 Å². The maximum absolute atomic E-state index is 8.76. The first-order valence-electron chi connectivity index (χ1n) is 6.07. The average Bonchev–Trinajstić information content (AvgIpc) is 2.85. The fourth-order valence-corrected chi connectivity index (χ4v) is 3.78. The minimum atomic E-state index is -0.0839. The lowest BCUT2D eigenvalue weighted by atomic mass is 10.2. The molecule has 1 aromatic heterocycles. The van der Waals surface area contributed by atoms with Gasteiger partial charge in [-0.3, -0.25) is 0 Å². The van der Waals surface area contributed by atoms with Crippen molar-refractivity contribution < 1.29 is 5.11 Å². The molecule has 1 heterocycles. The van der Waals surface area contributed by atoms with Gasteiger partial charge in [-0.25, -0.2) is 0 Å². The van der Waals surface area contributed by atoms with Crippen molar-refractivity contribution in [3.63, 3.8) is 0 Å². The smallest absolute Gasteiger partial charge is 0.104 e. The molecule has 1 aromatic carbocycles. The molecule has 1 N–H and O–H groups in total. The second kappa shape index (κ2) is 6.81. The Morgan fingerprint density at radius 2 is 2.11 bits per heavy atom. The number of aryl methyl sites for hydroxylation is 2. The van der Waals surface area contributed by atoms with E-state index >= 15 is 0 Å². The summed E-state index contributed by atoms with van der Waals surface area (Å²) in [6.45, 7) is 4.18. The molecule has 0 radical (unpaired) electrons. The predicted molar refractivity (Wildman–Crippen MR) is 83.8 cm³/mol. The van der Waals surface area contributed by atoms with Crippen molar-refractivity contribution in [1.82, 2.24) is 0 Å². The lowest BCUT2D eigenvalue weighted by Crippen LogP contribution is -1.85. The Kier molecular flexibility index (Phi) is 5.09. The van der Waals surface area contributed by atoms with E-state index in [0.29, 0.717) is 0 Å². The van der Waals surface area contributed by atoms with Crippen LogP contribution in [0.1, 0.15) is 21.6 Å². The summed E-state index contributed by atoms with van der Waals surface area (Å²) in [6, 6.07) is 8.56. The topological polar surface area (TPSA) is 20.2 Å². The molecular formula is C16H16OS2. The first-order chi connectivity index (χ1) is 9.20. The van der Waals surface area contributed by atoms with Crippen LogP contribution in [0.2, 0.25) is 0 Å². The lowest BCUT2D eigenvalue weighted by molar-refractivity contribution is 0.350. The van der Waals surface area contributed by atoms with Gasteiger partial charge in [-0.2, -0.15) is 0 Å². The summed E-state index contributed by atoms with van der Waals surface area (Å²) >= 11 is 3.57. The maximum atomic E-state index is 8.76. The van der Waals surface area contributed by atoms with Crippen molar-refractivity contribution >= 4 is 23.1 Å². The molecule has 0 atom stereocenters. The molecule has 3 heteroatoms. The zero-order valence-corrected chi connectivity index (χ0v) is 12.7. The Hall–Kier alpha value is -1.21. The van der Waals surface area contributed by atoms with Crippen molar-refractivity contribution in [3.05, 3.63) is 51.2 Å². The third kappa shape index (κ3) is 3.87. The van der Waals surface area contributed by atoms with E-state index < -0.39 is 0 Å². The van der Waals surface area contributed by atoms with Crippen LogP contribution in [0, 0.1) is 25.7 Å². The van der Waals surface area contributed by atoms with E-state index in [2.05, 4.69) is 49.3 Å². The molecule has 0 spiro atoms. The Labute approximate surface area is 122 Å². The number of hydrogen-bond acceptors (Lipinski definition) is 3. The van der Waals surface area contributed by atoms with Crippen LogP contribution >= 0.6 is 23.1 Å². The predicted octanol–water partition coefficient (Wildman–Crippen LogP) is 4.00. The van der Waals surface area contributed by atoms with Gasteiger partial charge in [0.25, 0.3) is 0 Å². The van der Waals surface area contributed by atoms with Gasteiger partial charge >= 0.3 is 0 Å². The molecule has 0 unspecified atom stereocenters. The van der Waals surface area contributed by atoms with Crippen LogP contribution in [-0.4, -0.2) is 11.7 Å². The third-order valence-corrected chi connectivity index (χ3v) is 5.04. The summed E-state index contributed by atoms with van der Waals surface area (Å²) in [7, 11) is 0. The molecule has 1 nitrogen and oxygen atoms in total. The van der Waals surface area contributed by atoms with Crippen LogP contribution in [0.3, 0.4) is 0 Å². The summed E-state index contributed by atoms with van der Waals surface area (Å²) in [5.74, 6) is 6.64. The van der Waals surface area contributed by atoms with Gasteiger partial charge in [0.2, 0.25) is 0 Å². The summed E-state index contributed by atoms with van der Waals surface area (Å²) in [4.78, 5) is 2.60. The molecule has 98 valence electrons. The standard InChI is InChI=1S/C16H16OS2/c1-12-5-6-13(2)15(10-12)19-11-16-14(4-3-8-17)7-9-18-16/h5-7,9-10,17H,8,11H2,1-2H3.